The van der Waals surface area contributed by atoms with Crippen molar-refractivity contribution in [1.29, 1.82) is 0 Å². The maximum Gasteiger partial charge on any atom is 0.255 e. The maximum absolute atomic E-state index is 12.5. The monoisotopic (exact) mass is 448 g/mol. The van der Waals surface area contributed by atoms with Crippen LogP contribution in [0.1, 0.15) is 42.1 Å². The third kappa shape index (κ3) is 4.25. The zero-order valence-electron chi connectivity index (χ0n) is 16.3. The summed E-state index contributed by atoms with van der Waals surface area (Å²) in [5, 5.41) is 2.93. The van der Waals surface area contributed by atoms with Gasteiger partial charge < -0.3 is 9.73 Å². The highest BCUT2D eigenvalue weighted by Crippen LogP contribution is 2.29. The number of halogens is 1. The molecule has 0 saturated heterocycles. The molecule has 0 bridgehead atoms. The second kappa shape index (κ2) is 8.21. The number of nitrogens with one attached hydrogen (secondary N) is 1. The van der Waals surface area contributed by atoms with Gasteiger partial charge in [-0.2, -0.15) is 0 Å². The van der Waals surface area contributed by atoms with Gasteiger partial charge in [-0.1, -0.05) is 48.0 Å². The van der Waals surface area contributed by atoms with Crippen LogP contribution in [0, 0.1) is 0 Å². The van der Waals surface area contributed by atoms with E-state index in [0.29, 0.717) is 23.1 Å². The third-order valence-corrected chi connectivity index (χ3v) is 5.54. The standard InChI is InChI=1S/C24H21BrN2O2/c1-3-15(2)16-10-11-22-21(14-16)27-24(29-22)18-7-5-9-20(13-18)26-23(28)17-6-4-8-19(25)12-17/h4-15H,3H2,1-2H3,(H,26,28)/t15-/m1/s1. The second-order valence-electron chi connectivity index (χ2n) is 7.10. The number of fused-ring (bicyclic) bond motifs is 1. The number of anilines is 1. The Labute approximate surface area is 178 Å². The average Bonchev–Trinajstić information content (AvgIpc) is 3.17. The topological polar surface area (TPSA) is 55.1 Å². The molecule has 3 aromatic carbocycles. The van der Waals surface area contributed by atoms with Gasteiger partial charge in [0.15, 0.2) is 5.58 Å². The Balaban J connectivity index is 1.60. The highest BCUT2D eigenvalue weighted by atomic mass is 79.9. The molecule has 0 aliphatic rings. The average molecular weight is 449 g/mol. The van der Waals surface area contributed by atoms with Crippen molar-refractivity contribution in [2.24, 2.45) is 0 Å². The Hall–Kier alpha value is -2.92. The van der Waals surface area contributed by atoms with E-state index >= 15 is 0 Å². The van der Waals surface area contributed by atoms with E-state index in [0.717, 1.165) is 27.6 Å². The lowest BCUT2D eigenvalue weighted by molar-refractivity contribution is 0.102. The molecule has 1 aromatic heterocycles. The van der Waals surface area contributed by atoms with Crippen LogP contribution in [0.2, 0.25) is 0 Å². The maximum atomic E-state index is 12.5. The lowest BCUT2D eigenvalue weighted by atomic mass is 9.98. The first-order chi connectivity index (χ1) is 14.0. The molecule has 1 heterocycles. The number of hydrogen-bond donors (Lipinski definition) is 1. The number of hydrogen-bond acceptors (Lipinski definition) is 3. The number of oxazole rings is 1. The van der Waals surface area contributed by atoms with Crippen molar-refractivity contribution < 1.29 is 9.21 Å². The summed E-state index contributed by atoms with van der Waals surface area (Å²) in [7, 11) is 0. The predicted octanol–water partition coefficient (Wildman–Crippen LogP) is 7.02. The van der Waals surface area contributed by atoms with Crippen molar-refractivity contribution in [3.8, 4) is 11.5 Å². The first-order valence-corrected chi connectivity index (χ1v) is 10.4. The molecule has 4 nitrogen and oxygen atoms in total. The molecule has 146 valence electrons. The van der Waals surface area contributed by atoms with Gasteiger partial charge in [-0.05, 0) is 66.4 Å². The number of carbonyl (C=O) groups excluding carboxylic acids is 1. The van der Waals surface area contributed by atoms with Gasteiger partial charge >= 0.3 is 0 Å². The van der Waals surface area contributed by atoms with Crippen molar-refractivity contribution in [1.82, 2.24) is 4.98 Å². The SMILES string of the molecule is CC[C@@H](C)c1ccc2oc(-c3cccc(NC(=O)c4cccc(Br)c4)c3)nc2c1. The fourth-order valence-corrected chi connectivity index (χ4v) is 3.57. The highest BCUT2D eigenvalue weighted by molar-refractivity contribution is 9.10. The van der Waals surface area contributed by atoms with Gasteiger partial charge in [0.05, 0.1) is 0 Å². The summed E-state index contributed by atoms with van der Waals surface area (Å²) in [6.07, 6.45) is 1.08. The quantitative estimate of drug-likeness (QED) is 0.356. The summed E-state index contributed by atoms with van der Waals surface area (Å²) in [6.45, 7) is 4.39. The smallest absolute Gasteiger partial charge is 0.255 e. The minimum atomic E-state index is -0.167. The summed E-state index contributed by atoms with van der Waals surface area (Å²) in [6, 6.07) is 21.0. The molecule has 5 heteroatoms. The first kappa shape index (κ1) is 19.4. The minimum Gasteiger partial charge on any atom is -0.436 e. The normalized spacial score (nSPS) is 12.1. The van der Waals surface area contributed by atoms with Crippen LogP contribution >= 0.6 is 15.9 Å². The number of carbonyl (C=O) groups is 1. The van der Waals surface area contributed by atoms with Gasteiger partial charge in [0.25, 0.3) is 5.91 Å². The largest absolute Gasteiger partial charge is 0.436 e. The Morgan fingerprint density at radius 1 is 1.10 bits per heavy atom. The fraction of sp³-hybridized carbons (Fsp3) is 0.167. The molecule has 0 aliphatic heterocycles. The molecule has 4 aromatic rings. The van der Waals surface area contributed by atoms with Crippen LogP contribution in [0.4, 0.5) is 5.69 Å². The van der Waals surface area contributed by atoms with E-state index in [1.807, 2.05) is 42.5 Å². The van der Waals surface area contributed by atoms with Crippen LogP contribution in [0.25, 0.3) is 22.6 Å². The molecular formula is C24H21BrN2O2. The number of aromatic nitrogens is 1. The molecule has 0 saturated carbocycles. The molecule has 1 atom stereocenters. The van der Waals surface area contributed by atoms with Gasteiger partial charge in [0.1, 0.15) is 5.52 Å². The zero-order chi connectivity index (χ0) is 20.4. The molecule has 0 unspecified atom stereocenters. The van der Waals surface area contributed by atoms with Gasteiger partial charge in [0.2, 0.25) is 5.89 Å². The van der Waals surface area contributed by atoms with Crippen LogP contribution in [0.5, 0.6) is 0 Å². The van der Waals surface area contributed by atoms with E-state index in [-0.39, 0.29) is 5.91 Å². The van der Waals surface area contributed by atoms with Crippen LogP contribution in [-0.4, -0.2) is 10.9 Å². The summed E-state index contributed by atoms with van der Waals surface area (Å²) < 4.78 is 6.82. The number of nitrogens with zero attached hydrogens (tertiary/aromatic N) is 1. The van der Waals surface area contributed by atoms with Gasteiger partial charge in [0, 0.05) is 21.3 Å². The van der Waals surface area contributed by atoms with E-state index in [9.17, 15) is 4.79 Å². The van der Waals surface area contributed by atoms with Crippen molar-refractivity contribution in [3.63, 3.8) is 0 Å². The number of benzene rings is 3. The summed E-state index contributed by atoms with van der Waals surface area (Å²) in [5.74, 6) is 0.857. The summed E-state index contributed by atoms with van der Waals surface area (Å²) >= 11 is 3.39. The molecule has 29 heavy (non-hydrogen) atoms. The Bertz CT molecular complexity index is 1180. The second-order valence-corrected chi connectivity index (χ2v) is 8.02. The Morgan fingerprint density at radius 3 is 2.72 bits per heavy atom. The van der Waals surface area contributed by atoms with E-state index in [4.69, 9.17) is 4.42 Å². The highest BCUT2D eigenvalue weighted by Gasteiger charge is 2.12. The molecule has 0 spiro atoms. The van der Waals surface area contributed by atoms with E-state index < -0.39 is 0 Å². The fourth-order valence-electron chi connectivity index (χ4n) is 3.17. The van der Waals surface area contributed by atoms with Crippen molar-refractivity contribution in [2.75, 3.05) is 5.32 Å². The van der Waals surface area contributed by atoms with Crippen molar-refractivity contribution in [2.45, 2.75) is 26.2 Å². The lowest BCUT2D eigenvalue weighted by Gasteiger charge is -2.07. The van der Waals surface area contributed by atoms with E-state index in [1.165, 1.54) is 5.56 Å². The molecule has 1 N–H and O–H groups in total. The van der Waals surface area contributed by atoms with Crippen LogP contribution in [-0.2, 0) is 0 Å². The van der Waals surface area contributed by atoms with Crippen molar-refractivity contribution in [3.05, 3.63) is 82.3 Å². The number of rotatable bonds is 5. The van der Waals surface area contributed by atoms with Gasteiger partial charge in [-0.15, -0.1) is 0 Å². The number of amides is 1. The van der Waals surface area contributed by atoms with Gasteiger partial charge in [-0.25, -0.2) is 4.98 Å². The lowest BCUT2D eigenvalue weighted by Crippen LogP contribution is -2.11. The third-order valence-electron chi connectivity index (χ3n) is 5.05. The summed E-state index contributed by atoms with van der Waals surface area (Å²) in [4.78, 5) is 17.2. The van der Waals surface area contributed by atoms with Crippen LogP contribution in [0.15, 0.2) is 75.6 Å². The van der Waals surface area contributed by atoms with Crippen LogP contribution < -0.4 is 5.32 Å². The molecule has 1 amide bonds. The molecule has 0 aliphatic carbocycles. The minimum absolute atomic E-state index is 0.167. The molecular weight excluding hydrogens is 428 g/mol. The Morgan fingerprint density at radius 2 is 1.93 bits per heavy atom. The van der Waals surface area contributed by atoms with Crippen LogP contribution in [0.3, 0.4) is 0 Å². The Kier molecular flexibility index (Phi) is 5.49. The summed E-state index contributed by atoms with van der Waals surface area (Å²) in [5.41, 5.74) is 4.96. The molecule has 0 fully saturated rings. The predicted molar refractivity (Wildman–Crippen MR) is 120 cm³/mol. The first-order valence-electron chi connectivity index (χ1n) is 9.61. The van der Waals surface area contributed by atoms with E-state index in [2.05, 4.69) is 52.2 Å². The molecule has 4 rings (SSSR count). The molecule has 0 radical (unpaired) electrons. The van der Waals surface area contributed by atoms with Crippen molar-refractivity contribution >= 4 is 38.6 Å². The zero-order valence-corrected chi connectivity index (χ0v) is 17.9. The van der Waals surface area contributed by atoms with E-state index in [1.54, 1.807) is 12.1 Å². The van der Waals surface area contributed by atoms with Gasteiger partial charge in [-0.3, -0.25) is 4.79 Å².